The Hall–Kier alpha value is -2.44. The summed E-state index contributed by atoms with van der Waals surface area (Å²) in [5.74, 6) is -0.786. The Balaban J connectivity index is 2.11. The first-order valence-corrected chi connectivity index (χ1v) is 8.14. The summed E-state index contributed by atoms with van der Waals surface area (Å²) in [6.45, 7) is -0.266. The highest BCUT2D eigenvalue weighted by atomic mass is 19.1. The Morgan fingerprint density at radius 1 is 1.52 bits per heavy atom. The third kappa shape index (κ3) is 4.84. The monoisotopic (exact) mass is 390 g/mol. The van der Waals surface area contributed by atoms with E-state index in [9.17, 15) is 23.2 Å². The van der Waals surface area contributed by atoms with E-state index in [0.717, 1.165) is 17.2 Å². The lowest BCUT2D eigenvalue weighted by molar-refractivity contribution is -0.165. The fraction of sp³-hybridized carbons (Fsp3) is 0.600. The standard InChI is InChI=1S/C15H20F2N4O6/c1-8-2-4-21(13(8)24)15(26)19-10-3-5-20(14(25)18-10)11(6-16)27-9(7-22)12(17)23/h3,5,8-9,11-12,22-23H,2,4,6-7H2,1H3,(H,18,19,25,26)/t8?,9-,11-,12-/m1/s1. The number of nitrogens with zero attached hydrogens (tertiary/aromatic N) is 3. The summed E-state index contributed by atoms with van der Waals surface area (Å²) in [6.07, 6.45) is -4.39. The second-order valence-electron chi connectivity index (χ2n) is 5.95. The van der Waals surface area contributed by atoms with Crippen molar-refractivity contribution in [1.82, 2.24) is 14.5 Å². The van der Waals surface area contributed by atoms with E-state index in [0.29, 0.717) is 11.0 Å². The Morgan fingerprint density at radius 3 is 2.70 bits per heavy atom. The van der Waals surface area contributed by atoms with E-state index in [1.165, 1.54) is 0 Å². The number of aliphatic hydroxyl groups excluding tert-OH is 2. The molecule has 1 saturated heterocycles. The summed E-state index contributed by atoms with van der Waals surface area (Å²) in [4.78, 5) is 40.5. The third-order valence-corrected chi connectivity index (χ3v) is 4.04. The zero-order valence-electron chi connectivity index (χ0n) is 14.4. The van der Waals surface area contributed by atoms with E-state index in [1.807, 2.05) is 0 Å². The van der Waals surface area contributed by atoms with E-state index in [4.69, 9.17) is 14.9 Å². The lowest BCUT2D eigenvalue weighted by Crippen LogP contribution is -2.39. The molecule has 0 saturated carbocycles. The number of rotatable bonds is 7. The highest BCUT2D eigenvalue weighted by molar-refractivity contribution is 6.02. The van der Waals surface area contributed by atoms with Crippen LogP contribution in [0, 0.1) is 5.92 Å². The predicted octanol–water partition coefficient (Wildman–Crippen LogP) is -0.223. The molecule has 2 rings (SSSR count). The summed E-state index contributed by atoms with van der Waals surface area (Å²) in [5, 5.41) is 20.0. The van der Waals surface area contributed by atoms with Crippen LogP contribution in [0.15, 0.2) is 17.1 Å². The van der Waals surface area contributed by atoms with Crippen LogP contribution in [0.4, 0.5) is 19.4 Å². The van der Waals surface area contributed by atoms with Crippen LogP contribution in [0.2, 0.25) is 0 Å². The van der Waals surface area contributed by atoms with Crippen LogP contribution in [0.1, 0.15) is 19.6 Å². The second kappa shape index (κ2) is 8.97. The van der Waals surface area contributed by atoms with Gasteiger partial charge in [0.15, 0.2) is 6.23 Å². The zero-order chi connectivity index (χ0) is 20.1. The van der Waals surface area contributed by atoms with Crippen molar-refractivity contribution in [3.8, 4) is 0 Å². The summed E-state index contributed by atoms with van der Waals surface area (Å²) in [6, 6.07) is 0.419. The van der Waals surface area contributed by atoms with Crippen LogP contribution >= 0.6 is 0 Å². The van der Waals surface area contributed by atoms with Crippen molar-refractivity contribution in [2.24, 2.45) is 5.92 Å². The topological polar surface area (TPSA) is 134 Å². The summed E-state index contributed by atoms with van der Waals surface area (Å²) in [7, 11) is 0. The second-order valence-corrected chi connectivity index (χ2v) is 5.95. The smallest absolute Gasteiger partial charge is 0.351 e. The molecule has 1 aromatic rings. The van der Waals surface area contributed by atoms with Crippen molar-refractivity contribution < 1.29 is 33.3 Å². The van der Waals surface area contributed by atoms with Crippen molar-refractivity contribution >= 4 is 17.8 Å². The van der Waals surface area contributed by atoms with Gasteiger partial charge in [-0.05, 0) is 12.5 Å². The van der Waals surface area contributed by atoms with Crippen molar-refractivity contribution in [2.45, 2.75) is 32.0 Å². The number of urea groups is 1. The molecule has 3 amide bonds. The van der Waals surface area contributed by atoms with E-state index in [1.54, 1.807) is 6.92 Å². The van der Waals surface area contributed by atoms with Crippen LogP contribution in [0.5, 0.6) is 0 Å². The average molecular weight is 390 g/mol. The predicted molar refractivity (Wildman–Crippen MR) is 87.1 cm³/mol. The number of hydrogen-bond acceptors (Lipinski definition) is 7. The minimum Gasteiger partial charge on any atom is -0.393 e. The number of halogens is 2. The number of nitrogens with one attached hydrogen (secondary N) is 1. The van der Waals surface area contributed by atoms with E-state index in [-0.39, 0.29) is 24.2 Å². The molecule has 4 atom stereocenters. The molecule has 3 N–H and O–H groups in total. The minimum absolute atomic E-state index is 0.171. The number of likely N-dealkylation sites (tertiary alicyclic amines) is 1. The van der Waals surface area contributed by atoms with Crippen LogP contribution in [-0.4, -0.2) is 68.9 Å². The summed E-state index contributed by atoms with van der Waals surface area (Å²) >= 11 is 0. The normalized spacial score (nSPS) is 20.4. The summed E-state index contributed by atoms with van der Waals surface area (Å²) in [5.41, 5.74) is -1.03. The van der Waals surface area contributed by atoms with E-state index >= 15 is 0 Å². The number of alkyl halides is 2. The quantitative estimate of drug-likeness (QED) is 0.586. The fourth-order valence-corrected chi connectivity index (χ4v) is 2.48. The van der Waals surface area contributed by atoms with Crippen LogP contribution in [-0.2, 0) is 9.53 Å². The maximum absolute atomic E-state index is 13.2. The number of hydrogen-bond donors (Lipinski definition) is 3. The molecule has 0 aliphatic carbocycles. The molecule has 10 nitrogen and oxygen atoms in total. The van der Waals surface area contributed by atoms with Gasteiger partial charge < -0.3 is 14.9 Å². The molecular weight excluding hydrogens is 370 g/mol. The van der Waals surface area contributed by atoms with Crippen molar-refractivity contribution in [1.29, 1.82) is 0 Å². The molecule has 1 fully saturated rings. The Bertz CT molecular complexity index is 743. The van der Waals surface area contributed by atoms with Gasteiger partial charge in [0.1, 0.15) is 18.6 Å². The number of carbonyl (C=O) groups is 2. The first-order valence-electron chi connectivity index (χ1n) is 8.14. The van der Waals surface area contributed by atoms with Crippen LogP contribution < -0.4 is 11.0 Å². The van der Waals surface area contributed by atoms with Crippen molar-refractivity contribution in [3.05, 3.63) is 22.7 Å². The Kier molecular flexibility index (Phi) is 6.93. The molecule has 0 bridgehead atoms. The molecule has 12 heteroatoms. The van der Waals surface area contributed by atoms with Crippen LogP contribution in [0.25, 0.3) is 0 Å². The first kappa shape index (κ1) is 20.9. The van der Waals surface area contributed by atoms with Gasteiger partial charge in [-0.3, -0.25) is 19.6 Å². The molecule has 0 radical (unpaired) electrons. The maximum Gasteiger partial charge on any atom is 0.351 e. The summed E-state index contributed by atoms with van der Waals surface area (Å²) < 4.78 is 31.5. The number of aliphatic hydroxyl groups is 2. The maximum atomic E-state index is 13.2. The number of anilines is 1. The van der Waals surface area contributed by atoms with Crippen molar-refractivity contribution in [3.63, 3.8) is 0 Å². The van der Waals surface area contributed by atoms with E-state index < -0.39 is 43.7 Å². The van der Waals surface area contributed by atoms with Gasteiger partial charge in [-0.2, -0.15) is 4.98 Å². The lowest BCUT2D eigenvalue weighted by Gasteiger charge is -2.23. The molecule has 150 valence electrons. The molecule has 1 unspecified atom stereocenters. The van der Waals surface area contributed by atoms with E-state index in [2.05, 4.69) is 10.3 Å². The molecule has 1 aliphatic heterocycles. The Labute approximate surface area is 152 Å². The number of amides is 3. The molecular formula is C15H20F2N4O6. The van der Waals surface area contributed by atoms with Gasteiger partial charge in [0, 0.05) is 18.7 Å². The van der Waals surface area contributed by atoms with Gasteiger partial charge in [0.2, 0.25) is 12.3 Å². The number of ether oxygens (including phenoxy) is 1. The fourth-order valence-electron chi connectivity index (χ4n) is 2.48. The van der Waals surface area contributed by atoms with Gasteiger partial charge in [-0.15, -0.1) is 0 Å². The average Bonchev–Trinajstić information content (AvgIpc) is 2.96. The number of imide groups is 1. The number of aromatic nitrogens is 2. The van der Waals surface area contributed by atoms with Gasteiger partial charge in [0.25, 0.3) is 0 Å². The highest BCUT2D eigenvalue weighted by Gasteiger charge is 2.32. The molecule has 0 spiro atoms. The first-order chi connectivity index (χ1) is 12.8. The molecule has 1 aliphatic rings. The lowest BCUT2D eigenvalue weighted by atomic mass is 10.1. The Morgan fingerprint density at radius 2 is 2.22 bits per heavy atom. The van der Waals surface area contributed by atoms with Gasteiger partial charge in [-0.25, -0.2) is 18.4 Å². The number of carbonyl (C=O) groups excluding carboxylic acids is 2. The van der Waals surface area contributed by atoms with Crippen LogP contribution in [0.3, 0.4) is 0 Å². The largest absolute Gasteiger partial charge is 0.393 e. The molecule has 2 heterocycles. The minimum atomic E-state index is -2.58. The molecule has 1 aromatic heterocycles. The highest BCUT2D eigenvalue weighted by Crippen LogP contribution is 2.18. The van der Waals surface area contributed by atoms with Gasteiger partial charge in [0.05, 0.1) is 6.61 Å². The molecule has 27 heavy (non-hydrogen) atoms. The third-order valence-electron chi connectivity index (χ3n) is 4.04. The van der Waals surface area contributed by atoms with Crippen molar-refractivity contribution in [2.75, 3.05) is 25.1 Å². The van der Waals surface area contributed by atoms with Gasteiger partial charge >= 0.3 is 11.7 Å². The SMILES string of the molecule is CC1CCN(C(=O)Nc2ccn([C@@H](CF)O[C@H](CO)[C@@H](O)F)c(=O)n2)C1=O. The van der Waals surface area contributed by atoms with Gasteiger partial charge in [-0.1, -0.05) is 6.92 Å². The zero-order valence-corrected chi connectivity index (χ0v) is 14.4. The molecule has 0 aromatic carbocycles.